The molecule has 1 atom stereocenters. The van der Waals surface area contributed by atoms with Crippen molar-refractivity contribution in [1.82, 2.24) is 4.90 Å². The van der Waals surface area contributed by atoms with Crippen molar-refractivity contribution in [1.29, 1.82) is 0 Å². The lowest BCUT2D eigenvalue weighted by molar-refractivity contribution is -0.138. The molecule has 146 valence electrons. The Labute approximate surface area is 163 Å². The summed E-state index contributed by atoms with van der Waals surface area (Å²) in [5.41, 5.74) is 1.13. The van der Waals surface area contributed by atoms with Gasteiger partial charge in [-0.15, -0.1) is 12.3 Å². The average Bonchev–Trinajstić information content (AvgIpc) is 3.22. The van der Waals surface area contributed by atoms with Gasteiger partial charge in [-0.25, -0.2) is 0 Å². The number of hydrogen-bond acceptors (Lipinski definition) is 3. The highest BCUT2D eigenvalue weighted by molar-refractivity contribution is 5.79. The summed E-state index contributed by atoms with van der Waals surface area (Å²) in [7, 11) is 0. The van der Waals surface area contributed by atoms with Gasteiger partial charge in [0.15, 0.2) is 0 Å². The molecule has 1 saturated carbocycles. The van der Waals surface area contributed by atoms with E-state index in [2.05, 4.69) is 5.92 Å². The van der Waals surface area contributed by atoms with E-state index in [1.807, 2.05) is 29.2 Å². The second-order valence-electron chi connectivity index (χ2n) is 7.64. The summed E-state index contributed by atoms with van der Waals surface area (Å²) >= 11 is 0. The molecule has 1 aromatic carbocycles. The molecule has 0 spiro atoms. The molecule has 1 amide bonds. The van der Waals surface area contributed by atoms with Gasteiger partial charge >= 0.3 is 0 Å². The van der Waals surface area contributed by atoms with Crippen LogP contribution in [0.1, 0.15) is 56.9 Å². The van der Waals surface area contributed by atoms with E-state index >= 15 is 0 Å². The van der Waals surface area contributed by atoms with E-state index in [0.29, 0.717) is 32.0 Å². The highest BCUT2D eigenvalue weighted by atomic mass is 16.5. The predicted octanol–water partition coefficient (Wildman–Crippen LogP) is 4.18. The highest BCUT2D eigenvalue weighted by Crippen LogP contribution is 2.27. The molecule has 27 heavy (non-hydrogen) atoms. The number of terminal acetylenes is 1. The van der Waals surface area contributed by atoms with Crippen molar-refractivity contribution < 1.29 is 14.3 Å². The maximum Gasteiger partial charge on any atom is 0.226 e. The predicted molar refractivity (Wildman–Crippen MR) is 106 cm³/mol. The van der Waals surface area contributed by atoms with Gasteiger partial charge in [0.05, 0.1) is 12.7 Å². The minimum Gasteiger partial charge on any atom is -0.493 e. The molecule has 4 nitrogen and oxygen atoms in total. The third kappa shape index (κ3) is 6.01. The normalized spacial score (nSPS) is 20.2. The van der Waals surface area contributed by atoms with E-state index in [-0.39, 0.29) is 12.0 Å². The Morgan fingerprint density at radius 1 is 1.15 bits per heavy atom. The van der Waals surface area contributed by atoms with Gasteiger partial charge in [0, 0.05) is 32.0 Å². The SMILES string of the molecule is C#CCCOc1ccc(CN(C[C@@H]2CCCO2)C(=O)C2CCCCC2)cc1. The van der Waals surface area contributed by atoms with Gasteiger partial charge in [-0.1, -0.05) is 31.4 Å². The highest BCUT2D eigenvalue weighted by Gasteiger charge is 2.29. The number of ether oxygens (including phenoxy) is 2. The van der Waals surface area contributed by atoms with E-state index in [1.165, 1.54) is 19.3 Å². The minimum atomic E-state index is 0.184. The number of benzene rings is 1. The average molecular weight is 370 g/mol. The molecule has 2 aliphatic rings. The van der Waals surface area contributed by atoms with Gasteiger partial charge in [0.2, 0.25) is 5.91 Å². The summed E-state index contributed by atoms with van der Waals surface area (Å²) < 4.78 is 11.4. The van der Waals surface area contributed by atoms with Crippen LogP contribution in [-0.2, 0) is 16.1 Å². The number of rotatable bonds is 8. The standard InChI is InChI=1S/C23H31NO3/c1-2-3-15-26-21-13-11-19(12-14-21)17-24(18-22-10-7-16-27-22)23(25)20-8-5-4-6-9-20/h1,11-14,20,22H,3-10,15-18H2/t22-/m0/s1. The lowest BCUT2D eigenvalue weighted by Crippen LogP contribution is -2.41. The number of amides is 1. The summed E-state index contributed by atoms with van der Waals surface area (Å²) in [6, 6.07) is 8.01. The van der Waals surface area contributed by atoms with Gasteiger partial charge < -0.3 is 14.4 Å². The molecule has 2 fully saturated rings. The van der Waals surface area contributed by atoms with Gasteiger partial charge in [0.25, 0.3) is 0 Å². The molecule has 1 aromatic rings. The van der Waals surface area contributed by atoms with E-state index in [9.17, 15) is 4.79 Å². The number of hydrogen-bond donors (Lipinski definition) is 0. The van der Waals surface area contributed by atoms with Gasteiger partial charge in [-0.2, -0.15) is 0 Å². The fourth-order valence-corrected chi connectivity index (χ4v) is 4.01. The van der Waals surface area contributed by atoms with Crippen molar-refractivity contribution >= 4 is 5.91 Å². The van der Waals surface area contributed by atoms with Crippen LogP contribution in [0.4, 0.5) is 0 Å². The molecule has 4 heteroatoms. The van der Waals surface area contributed by atoms with Gasteiger partial charge in [0.1, 0.15) is 5.75 Å². The molecule has 0 aromatic heterocycles. The van der Waals surface area contributed by atoms with Crippen LogP contribution in [0.25, 0.3) is 0 Å². The monoisotopic (exact) mass is 369 g/mol. The topological polar surface area (TPSA) is 38.8 Å². The fraction of sp³-hybridized carbons (Fsp3) is 0.609. The molecule has 0 bridgehead atoms. The Morgan fingerprint density at radius 3 is 2.59 bits per heavy atom. The Balaban J connectivity index is 1.62. The zero-order valence-electron chi connectivity index (χ0n) is 16.2. The molecule has 1 heterocycles. The van der Waals surface area contributed by atoms with Crippen molar-refractivity contribution in [2.24, 2.45) is 5.92 Å². The first kappa shape index (κ1) is 19.8. The van der Waals surface area contributed by atoms with E-state index < -0.39 is 0 Å². The molecule has 1 aliphatic carbocycles. The third-order valence-corrected chi connectivity index (χ3v) is 5.53. The smallest absolute Gasteiger partial charge is 0.226 e. The maximum atomic E-state index is 13.2. The quantitative estimate of drug-likeness (QED) is 0.510. The zero-order chi connectivity index (χ0) is 18.9. The summed E-state index contributed by atoms with van der Waals surface area (Å²) in [6.07, 6.45) is 13.9. The number of carbonyl (C=O) groups is 1. The third-order valence-electron chi connectivity index (χ3n) is 5.53. The van der Waals surface area contributed by atoms with Crippen LogP contribution in [0.3, 0.4) is 0 Å². The first-order chi connectivity index (χ1) is 13.3. The number of carbonyl (C=O) groups excluding carboxylic acids is 1. The Morgan fingerprint density at radius 2 is 1.93 bits per heavy atom. The largest absolute Gasteiger partial charge is 0.493 e. The number of nitrogens with zero attached hydrogens (tertiary/aromatic N) is 1. The molecule has 1 saturated heterocycles. The summed E-state index contributed by atoms with van der Waals surface area (Å²) in [5, 5.41) is 0. The van der Waals surface area contributed by atoms with Crippen molar-refractivity contribution in [2.45, 2.75) is 64.0 Å². The van der Waals surface area contributed by atoms with Crippen molar-refractivity contribution in [3.63, 3.8) is 0 Å². The van der Waals surface area contributed by atoms with Crippen molar-refractivity contribution in [2.75, 3.05) is 19.8 Å². The van der Waals surface area contributed by atoms with Crippen molar-refractivity contribution in [3.05, 3.63) is 29.8 Å². The molecular weight excluding hydrogens is 338 g/mol. The molecule has 0 radical (unpaired) electrons. The first-order valence-electron chi connectivity index (χ1n) is 10.3. The molecule has 3 rings (SSSR count). The fourth-order valence-electron chi connectivity index (χ4n) is 4.01. The molecule has 1 aliphatic heterocycles. The molecule has 0 unspecified atom stereocenters. The Bertz CT molecular complexity index is 622. The lowest BCUT2D eigenvalue weighted by Gasteiger charge is -2.31. The molecule has 0 N–H and O–H groups in total. The van der Waals surface area contributed by atoms with E-state index in [1.54, 1.807) is 0 Å². The van der Waals surface area contributed by atoms with Gasteiger partial charge in [-0.05, 0) is 43.4 Å². The second-order valence-corrected chi connectivity index (χ2v) is 7.64. The lowest BCUT2D eigenvalue weighted by atomic mass is 9.88. The molecular formula is C23H31NO3. The van der Waals surface area contributed by atoms with Crippen LogP contribution in [0.5, 0.6) is 5.75 Å². The Kier molecular flexibility index (Phi) is 7.59. The maximum absolute atomic E-state index is 13.2. The van der Waals surface area contributed by atoms with Crippen LogP contribution < -0.4 is 4.74 Å². The van der Waals surface area contributed by atoms with Crippen LogP contribution in [-0.4, -0.2) is 36.7 Å². The Hall–Kier alpha value is -1.99. The summed E-state index contributed by atoms with van der Waals surface area (Å²) in [6.45, 7) is 2.69. The van der Waals surface area contributed by atoms with Crippen LogP contribution in [0.15, 0.2) is 24.3 Å². The summed E-state index contributed by atoms with van der Waals surface area (Å²) in [4.78, 5) is 15.2. The van der Waals surface area contributed by atoms with Gasteiger partial charge in [-0.3, -0.25) is 4.79 Å². The minimum absolute atomic E-state index is 0.184. The van der Waals surface area contributed by atoms with E-state index in [0.717, 1.165) is 43.6 Å². The first-order valence-corrected chi connectivity index (χ1v) is 10.3. The van der Waals surface area contributed by atoms with Crippen molar-refractivity contribution in [3.8, 4) is 18.1 Å². The van der Waals surface area contributed by atoms with Crippen LogP contribution >= 0.6 is 0 Å². The summed E-state index contributed by atoms with van der Waals surface area (Å²) in [5.74, 6) is 3.88. The zero-order valence-corrected chi connectivity index (χ0v) is 16.2. The van der Waals surface area contributed by atoms with E-state index in [4.69, 9.17) is 15.9 Å². The van der Waals surface area contributed by atoms with Crippen LogP contribution in [0.2, 0.25) is 0 Å². The van der Waals surface area contributed by atoms with Crippen LogP contribution in [0, 0.1) is 18.3 Å². The second kappa shape index (κ2) is 10.4.